The van der Waals surface area contributed by atoms with Crippen molar-refractivity contribution in [3.8, 4) is 11.5 Å². The summed E-state index contributed by atoms with van der Waals surface area (Å²) in [7, 11) is 4.11. The van der Waals surface area contributed by atoms with E-state index in [4.69, 9.17) is 21.1 Å². The minimum Gasteiger partial charge on any atom is -0.489 e. The topological polar surface area (TPSA) is 46.9 Å². The molecule has 3 aromatic rings. The number of hydrogen-bond acceptors (Lipinski definition) is 4. The normalized spacial score (nSPS) is 14.1. The first kappa shape index (κ1) is 25.2. The van der Waals surface area contributed by atoms with Crippen molar-refractivity contribution in [2.45, 2.75) is 33.7 Å². The first-order chi connectivity index (χ1) is 16.7. The number of anilines is 1. The molecule has 7 heteroatoms. The molecule has 6 nitrogen and oxygen atoms in total. The molecular formula is C28H36ClN3O3. The summed E-state index contributed by atoms with van der Waals surface area (Å²) in [6.07, 6.45) is 2.89. The largest absolute Gasteiger partial charge is 0.489 e. The van der Waals surface area contributed by atoms with Crippen LogP contribution in [-0.4, -0.2) is 48.7 Å². The summed E-state index contributed by atoms with van der Waals surface area (Å²) in [4.78, 5) is 17.8. The van der Waals surface area contributed by atoms with Crippen LogP contribution in [0.4, 0.5) is 5.69 Å². The lowest BCUT2D eigenvalue weighted by Gasteiger charge is -2.30. The number of benzene rings is 2. The summed E-state index contributed by atoms with van der Waals surface area (Å²) in [6, 6.07) is 12.3. The number of fused-ring (bicyclic) bond motifs is 2. The van der Waals surface area contributed by atoms with Gasteiger partial charge in [0.2, 0.25) is 5.91 Å². The Hall–Kier alpha value is -2.86. The first-order valence-electron chi connectivity index (χ1n) is 12.4. The molecule has 4 rings (SSSR count). The Morgan fingerprint density at radius 3 is 2.66 bits per heavy atom. The minimum atomic E-state index is -0.176. The third-order valence-electron chi connectivity index (χ3n) is 6.39. The average molecular weight is 498 g/mol. The van der Waals surface area contributed by atoms with Crippen molar-refractivity contribution in [3.05, 3.63) is 53.2 Å². The van der Waals surface area contributed by atoms with Gasteiger partial charge in [-0.3, -0.25) is 4.79 Å². The van der Waals surface area contributed by atoms with E-state index >= 15 is 0 Å². The van der Waals surface area contributed by atoms with Crippen LogP contribution in [0.1, 0.15) is 32.8 Å². The molecule has 0 bridgehead atoms. The molecule has 0 saturated carbocycles. The van der Waals surface area contributed by atoms with Crippen LogP contribution in [0.2, 0.25) is 5.02 Å². The van der Waals surface area contributed by atoms with Crippen molar-refractivity contribution in [3.63, 3.8) is 0 Å². The Balaban J connectivity index is 1.52. The number of amides is 1. The highest BCUT2D eigenvalue weighted by atomic mass is 35.5. The van der Waals surface area contributed by atoms with Crippen molar-refractivity contribution in [2.75, 3.05) is 38.3 Å². The SMILES string of the molecule is CC(C)CN(Cc1cc(Cl)c2c(c1)OCCCO2)C(=O)C(C)CN(C)c1cccc2ccn(C)c12. The van der Waals surface area contributed by atoms with Gasteiger partial charge in [0, 0.05) is 51.7 Å². The summed E-state index contributed by atoms with van der Waals surface area (Å²) in [5.74, 6) is 1.56. The molecule has 0 fully saturated rings. The Kier molecular flexibility index (Phi) is 7.80. The third-order valence-corrected chi connectivity index (χ3v) is 6.67. The molecule has 0 saturated heterocycles. The van der Waals surface area contributed by atoms with Gasteiger partial charge in [0.15, 0.2) is 11.5 Å². The molecule has 0 radical (unpaired) electrons. The highest BCUT2D eigenvalue weighted by Gasteiger charge is 2.25. The molecule has 1 aromatic heterocycles. The van der Waals surface area contributed by atoms with Gasteiger partial charge in [-0.25, -0.2) is 0 Å². The molecule has 1 amide bonds. The van der Waals surface area contributed by atoms with Gasteiger partial charge >= 0.3 is 0 Å². The molecule has 0 N–H and O–H groups in total. The van der Waals surface area contributed by atoms with Gasteiger partial charge in [0.1, 0.15) is 0 Å². The molecule has 1 unspecified atom stereocenters. The zero-order valence-corrected chi connectivity index (χ0v) is 22.1. The number of hydrogen-bond donors (Lipinski definition) is 0. The fraction of sp³-hybridized carbons (Fsp3) is 0.464. The molecule has 188 valence electrons. The summed E-state index contributed by atoms with van der Waals surface area (Å²) in [5.41, 5.74) is 3.25. The van der Waals surface area contributed by atoms with Gasteiger partial charge < -0.3 is 23.8 Å². The highest BCUT2D eigenvalue weighted by molar-refractivity contribution is 6.32. The van der Waals surface area contributed by atoms with E-state index in [0.29, 0.717) is 55.3 Å². The van der Waals surface area contributed by atoms with Crippen LogP contribution in [-0.2, 0) is 18.4 Å². The number of carbonyl (C=O) groups is 1. The second kappa shape index (κ2) is 10.8. The lowest BCUT2D eigenvalue weighted by molar-refractivity contribution is -0.135. The number of carbonyl (C=O) groups excluding carboxylic acids is 1. The lowest BCUT2D eigenvalue weighted by Crippen LogP contribution is -2.41. The van der Waals surface area contributed by atoms with Crippen molar-refractivity contribution in [2.24, 2.45) is 18.9 Å². The number of aromatic nitrogens is 1. The predicted octanol–water partition coefficient (Wildman–Crippen LogP) is 5.75. The van der Waals surface area contributed by atoms with Crippen LogP contribution in [0.15, 0.2) is 42.6 Å². The molecule has 2 heterocycles. The van der Waals surface area contributed by atoms with Gasteiger partial charge in [-0.05, 0) is 35.7 Å². The van der Waals surface area contributed by atoms with Crippen molar-refractivity contribution in [1.82, 2.24) is 9.47 Å². The maximum atomic E-state index is 13.7. The van der Waals surface area contributed by atoms with Crippen LogP contribution in [0, 0.1) is 11.8 Å². The maximum absolute atomic E-state index is 13.7. The number of rotatable bonds is 8. The van der Waals surface area contributed by atoms with Crippen LogP contribution >= 0.6 is 11.6 Å². The molecule has 0 aliphatic carbocycles. The smallest absolute Gasteiger partial charge is 0.227 e. The Morgan fingerprint density at radius 2 is 1.89 bits per heavy atom. The van der Waals surface area contributed by atoms with Gasteiger partial charge in [-0.15, -0.1) is 0 Å². The third kappa shape index (κ3) is 5.69. The molecule has 1 aliphatic rings. The van der Waals surface area contributed by atoms with E-state index in [9.17, 15) is 4.79 Å². The summed E-state index contributed by atoms with van der Waals surface area (Å²) in [5, 5.41) is 1.73. The predicted molar refractivity (Wildman–Crippen MR) is 143 cm³/mol. The van der Waals surface area contributed by atoms with Crippen molar-refractivity contribution >= 4 is 34.1 Å². The van der Waals surface area contributed by atoms with Crippen molar-refractivity contribution in [1.29, 1.82) is 0 Å². The van der Waals surface area contributed by atoms with E-state index < -0.39 is 0 Å². The Bertz CT molecular complexity index is 1190. The van der Waals surface area contributed by atoms with Gasteiger partial charge in [0.25, 0.3) is 0 Å². The zero-order valence-electron chi connectivity index (χ0n) is 21.4. The van der Waals surface area contributed by atoms with Crippen LogP contribution < -0.4 is 14.4 Å². The van der Waals surface area contributed by atoms with E-state index in [1.165, 1.54) is 10.9 Å². The minimum absolute atomic E-state index is 0.132. The van der Waals surface area contributed by atoms with E-state index in [0.717, 1.165) is 17.7 Å². The molecule has 1 atom stereocenters. The highest BCUT2D eigenvalue weighted by Crippen LogP contribution is 2.38. The number of nitrogens with zero attached hydrogens (tertiary/aromatic N) is 3. The zero-order chi connectivity index (χ0) is 25.1. The fourth-order valence-electron chi connectivity index (χ4n) is 4.81. The standard InChI is InChI=1S/C28H36ClN3O3/c1-19(2)16-32(18-21-14-23(29)27-25(15-21)34-12-7-13-35-27)28(33)20(3)17-31(5)24-9-6-8-22-10-11-30(4)26(22)24/h6,8-11,14-15,19-20H,7,12-13,16-18H2,1-5H3. The molecular weight excluding hydrogens is 462 g/mol. The van der Waals surface area contributed by atoms with E-state index in [2.05, 4.69) is 67.9 Å². The van der Waals surface area contributed by atoms with E-state index in [1.54, 1.807) is 0 Å². The monoisotopic (exact) mass is 497 g/mol. The lowest BCUT2D eigenvalue weighted by atomic mass is 10.1. The number of para-hydroxylation sites is 1. The molecule has 0 spiro atoms. The van der Waals surface area contributed by atoms with Gasteiger partial charge in [-0.1, -0.05) is 44.5 Å². The second-order valence-corrected chi connectivity index (χ2v) is 10.4. The fourth-order valence-corrected chi connectivity index (χ4v) is 5.10. The average Bonchev–Trinajstić information content (AvgIpc) is 3.03. The molecule has 2 aromatic carbocycles. The van der Waals surface area contributed by atoms with Crippen LogP contribution in [0.3, 0.4) is 0 Å². The Morgan fingerprint density at radius 1 is 1.11 bits per heavy atom. The number of halogens is 1. The number of aryl methyl sites for hydroxylation is 1. The summed E-state index contributed by atoms with van der Waals surface area (Å²) in [6.45, 7) is 9.24. The summed E-state index contributed by atoms with van der Waals surface area (Å²) >= 11 is 6.52. The first-order valence-corrected chi connectivity index (χ1v) is 12.7. The molecule has 35 heavy (non-hydrogen) atoms. The van der Waals surface area contributed by atoms with E-state index in [1.807, 2.05) is 24.0 Å². The van der Waals surface area contributed by atoms with E-state index in [-0.39, 0.29) is 11.8 Å². The Labute approximate surface area is 213 Å². The van der Waals surface area contributed by atoms with Gasteiger partial charge in [0.05, 0.1) is 35.4 Å². The maximum Gasteiger partial charge on any atom is 0.227 e. The summed E-state index contributed by atoms with van der Waals surface area (Å²) < 4.78 is 13.8. The second-order valence-electron chi connectivity index (χ2n) is 9.99. The van der Waals surface area contributed by atoms with Crippen molar-refractivity contribution < 1.29 is 14.3 Å². The quantitative estimate of drug-likeness (QED) is 0.397. The van der Waals surface area contributed by atoms with Crippen LogP contribution in [0.5, 0.6) is 11.5 Å². The number of ether oxygens (including phenoxy) is 2. The molecule has 1 aliphatic heterocycles. The van der Waals surface area contributed by atoms with Gasteiger partial charge in [-0.2, -0.15) is 0 Å². The van der Waals surface area contributed by atoms with Crippen LogP contribution in [0.25, 0.3) is 10.9 Å².